The van der Waals surface area contributed by atoms with Gasteiger partial charge in [-0.3, -0.25) is 0 Å². The summed E-state index contributed by atoms with van der Waals surface area (Å²) in [5.74, 6) is 6.19. The van der Waals surface area contributed by atoms with E-state index in [-0.39, 0.29) is 0 Å². The van der Waals surface area contributed by atoms with Crippen molar-refractivity contribution in [1.29, 1.82) is 0 Å². The molecule has 2 saturated carbocycles. The second-order valence-electron chi connectivity index (χ2n) is 16.1. The molecular weight excluding hydrogens is 520 g/mol. The summed E-state index contributed by atoms with van der Waals surface area (Å²) in [6, 6.07) is 0. The van der Waals surface area contributed by atoms with Crippen molar-refractivity contribution in [2.45, 2.75) is 194 Å². The maximum atomic E-state index is 6.00. The topological polar surface area (TPSA) is 9.23 Å². The molecule has 248 valence electrons. The summed E-state index contributed by atoms with van der Waals surface area (Å²) in [5.41, 5.74) is 3.55. The summed E-state index contributed by atoms with van der Waals surface area (Å²) < 4.78 is 6.00. The maximum absolute atomic E-state index is 6.00. The molecular formula is C42H74O. The van der Waals surface area contributed by atoms with Gasteiger partial charge in [0.25, 0.3) is 0 Å². The minimum absolute atomic E-state index is 0.981. The van der Waals surface area contributed by atoms with Crippen LogP contribution in [-0.4, -0.2) is 13.2 Å². The molecule has 0 spiro atoms. The summed E-state index contributed by atoms with van der Waals surface area (Å²) in [7, 11) is 0. The average molecular weight is 595 g/mol. The van der Waals surface area contributed by atoms with Gasteiger partial charge in [-0.2, -0.15) is 0 Å². The average Bonchev–Trinajstić information content (AvgIpc) is 3.03. The Balaban J connectivity index is 0.907. The lowest BCUT2D eigenvalue weighted by Crippen LogP contribution is -2.18. The van der Waals surface area contributed by atoms with Gasteiger partial charge in [0.2, 0.25) is 0 Å². The summed E-state index contributed by atoms with van der Waals surface area (Å²) in [6.45, 7) is 6.68. The van der Waals surface area contributed by atoms with E-state index >= 15 is 0 Å². The molecule has 0 heterocycles. The molecule has 0 bridgehead atoms. The third-order valence-corrected chi connectivity index (χ3v) is 12.5. The minimum atomic E-state index is 0.981. The van der Waals surface area contributed by atoms with E-state index in [0.717, 1.165) is 48.7 Å². The standard InChI is InChI=1S/C42H74O/c1-3-11-35-15-23-39(24-16-35)33-41-27-19-37(20-28-41)13-7-5-9-31-43-32-10-6-8-14-38-21-29-42(30-22-38)34-40-25-17-36(12-4-2)18-26-40/h19,21,35-36,39-42H,3-18,20,22-34H2,1-2H3. The van der Waals surface area contributed by atoms with Gasteiger partial charge in [0, 0.05) is 13.2 Å². The van der Waals surface area contributed by atoms with Crippen molar-refractivity contribution in [1.82, 2.24) is 0 Å². The molecule has 4 aliphatic carbocycles. The van der Waals surface area contributed by atoms with E-state index < -0.39 is 0 Å². The van der Waals surface area contributed by atoms with Crippen molar-refractivity contribution < 1.29 is 4.74 Å². The lowest BCUT2D eigenvalue weighted by molar-refractivity contribution is 0.126. The van der Waals surface area contributed by atoms with Crippen molar-refractivity contribution in [2.75, 3.05) is 13.2 Å². The molecule has 2 atom stereocenters. The van der Waals surface area contributed by atoms with E-state index in [1.54, 1.807) is 11.1 Å². The first-order valence-electron chi connectivity index (χ1n) is 20.1. The number of unbranched alkanes of at least 4 members (excludes halogenated alkanes) is 4. The van der Waals surface area contributed by atoms with Gasteiger partial charge in [-0.1, -0.05) is 127 Å². The highest BCUT2D eigenvalue weighted by atomic mass is 16.5. The number of allylic oxidation sites excluding steroid dienone is 4. The van der Waals surface area contributed by atoms with Crippen LogP contribution in [0, 0.1) is 35.5 Å². The van der Waals surface area contributed by atoms with Crippen LogP contribution in [0.15, 0.2) is 23.3 Å². The van der Waals surface area contributed by atoms with Crippen LogP contribution in [0.25, 0.3) is 0 Å². The normalized spacial score (nSPS) is 30.2. The molecule has 2 unspecified atom stereocenters. The van der Waals surface area contributed by atoms with Crippen molar-refractivity contribution in [2.24, 2.45) is 35.5 Å². The molecule has 0 aromatic heterocycles. The monoisotopic (exact) mass is 595 g/mol. The van der Waals surface area contributed by atoms with Crippen LogP contribution in [0.3, 0.4) is 0 Å². The quantitative estimate of drug-likeness (QED) is 0.101. The smallest absolute Gasteiger partial charge is 0.0466 e. The Bertz CT molecular complexity index is 698. The highest BCUT2D eigenvalue weighted by Gasteiger charge is 2.25. The Kier molecular flexibility index (Phi) is 17.5. The van der Waals surface area contributed by atoms with Crippen LogP contribution in [0.4, 0.5) is 0 Å². The summed E-state index contributed by atoms with van der Waals surface area (Å²) in [5, 5.41) is 0. The second kappa shape index (κ2) is 21.3. The first-order chi connectivity index (χ1) is 21.2. The van der Waals surface area contributed by atoms with Crippen LogP contribution in [0.1, 0.15) is 194 Å². The minimum Gasteiger partial charge on any atom is -0.381 e. The van der Waals surface area contributed by atoms with Crippen LogP contribution in [-0.2, 0) is 4.74 Å². The third-order valence-electron chi connectivity index (χ3n) is 12.5. The van der Waals surface area contributed by atoms with Crippen molar-refractivity contribution in [3.8, 4) is 0 Å². The van der Waals surface area contributed by atoms with E-state index in [0.29, 0.717) is 0 Å². The number of rotatable bonds is 20. The lowest BCUT2D eigenvalue weighted by Gasteiger charge is -2.32. The lowest BCUT2D eigenvalue weighted by atomic mass is 9.74. The Morgan fingerprint density at radius 3 is 1.28 bits per heavy atom. The van der Waals surface area contributed by atoms with E-state index in [1.165, 1.54) is 180 Å². The van der Waals surface area contributed by atoms with Gasteiger partial charge in [-0.15, -0.1) is 0 Å². The van der Waals surface area contributed by atoms with E-state index in [9.17, 15) is 0 Å². The van der Waals surface area contributed by atoms with Gasteiger partial charge < -0.3 is 4.74 Å². The Morgan fingerprint density at radius 1 is 0.488 bits per heavy atom. The molecule has 2 fully saturated rings. The molecule has 4 aliphatic rings. The van der Waals surface area contributed by atoms with Gasteiger partial charge in [0.05, 0.1) is 0 Å². The summed E-state index contributed by atoms with van der Waals surface area (Å²) in [6.07, 6.45) is 45.4. The second-order valence-corrected chi connectivity index (χ2v) is 16.1. The molecule has 4 rings (SSSR count). The van der Waals surface area contributed by atoms with Gasteiger partial charge >= 0.3 is 0 Å². The fraction of sp³-hybridized carbons (Fsp3) is 0.905. The third kappa shape index (κ3) is 14.2. The van der Waals surface area contributed by atoms with Crippen molar-refractivity contribution >= 4 is 0 Å². The van der Waals surface area contributed by atoms with Gasteiger partial charge in [-0.25, -0.2) is 0 Å². The molecule has 0 N–H and O–H groups in total. The number of ether oxygens (including phenoxy) is 1. The van der Waals surface area contributed by atoms with Gasteiger partial charge in [0.1, 0.15) is 0 Å². The van der Waals surface area contributed by atoms with Gasteiger partial charge in [0.15, 0.2) is 0 Å². The van der Waals surface area contributed by atoms with Crippen LogP contribution in [0.5, 0.6) is 0 Å². The first kappa shape index (κ1) is 35.3. The zero-order valence-electron chi connectivity index (χ0n) is 29.2. The molecule has 1 nitrogen and oxygen atoms in total. The predicted octanol–water partition coefficient (Wildman–Crippen LogP) is 13.6. The van der Waals surface area contributed by atoms with Crippen LogP contribution >= 0.6 is 0 Å². The van der Waals surface area contributed by atoms with E-state index in [1.807, 2.05) is 0 Å². The number of hydrogen-bond donors (Lipinski definition) is 0. The van der Waals surface area contributed by atoms with Crippen molar-refractivity contribution in [3.63, 3.8) is 0 Å². The molecule has 0 aliphatic heterocycles. The fourth-order valence-electron chi connectivity index (χ4n) is 9.61. The molecule has 43 heavy (non-hydrogen) atoms. The first-order valence-corrected chi connectivity index (χ1v) is 20.1. The van der Waals surface area contributed by atoms with Gasteiger partial charge in [-0.05, 0) is 125 Å². The highest BCUT2D eigenvalue weighted by molar-refractivity contribution is 5.07. The Hall–Kier alpha value is -0.560. The van der Waals surface area contributed by atoms with Crippen molar-refractivity contribution in [3.05, 3.63) is 23.3 Å². The zero-order chi connectivity index (χ0) is 30.0. The van der Waals surface area contributed by atoms with Crippen LogP contribution < -0.4 is 0 Å². The Labute approximate surface area is 269 Å². The van der Waals surface area contributed by atoms with E-state index in [2.05, 4.69) is 26.0 Å². The largest absolute Gasteiger partial charge is 0.381 e. The summed E-state index contributed by atoms with van der Waals surface area (Å²) >= 11 is 0. The zero-order valence-corrected chi connectivity index (χ0v) is 29.2. The predicted molar refractivity (Wildman–Crippen MR) is 189 cm³/mol. The SMILES string of the molecule is CCCC1CCC(CC2CC=C(CCCCCOCCCCCC3=CCC(CC4CCC(CCC)CC4)CC3)CC2)CC1. The molecule has 0 saturated heterocycles. The molecule has 0 radical (unpaired) electrons. The Morgan fingerprint density at radius 2 is 0.907 bits per heavy atom. The van der Waals surface area contributed by atoms with E-state index in [4.69, 9.17) is 4.74 Å². The number of hydrogen-bond acceptors (Lipinski definition) is 1. The summed E-state index contributed by atoms with van der Waals surface area (Å²) in [4.78, 5) is 0. The molecule has 1 heteroatoms. The molecule has 0 amide bonds. The maximum Gasteiger partial charge on any atom is 0.0466 e. The fourth-order valence-corrected chi connectivity index (χ4v) is 9.61. The highest BCUT2D eigenvalue weighted by Crippen LogP contribution is 2.40. The van der Waals surface area contributed by atoms with Crippen LogP contribution in [0.2, 0.25) is 0 Å². The molecule has 0 aromatic rings. The molecule has 0 aromatic carbocycles.